The fourth-order valence-electron chi connectivity index (χ4n) is 3.07. The van der Waals surface area contributed by atoms with Crippen LogP contribution in [-0.4, -0.2) is 50.4 Å². The highest BCUT2D eigenvalue weighted by Crippen LogP contribution is 2.17. The average Bonchev–Trinajstić information content (AvgIpc) is 2.58. The molecule has 1 saturated heterocycles. The first-order valence-electron chi connectivity index (χ1n) is 9.00. The van der Waals surface area contributed by atoms with Gasteiger partial charge in [0.1, 0.15) is 16.8 Å². The zero-order valence-corrected chi connectivity index (χ0v) is 16.8. The Hall–Kier alpha value is -1.12. The summed E-state index contributed by atoms with van der Waals surface area (Å²) in [6.07, 6.45) is 7.49. The van der Waals surface area contributed by atoms with Gasteiger partial charge in [-0.3, -0.25) is 4.79 Å². The lowest BCUT2D eigenvalue weighted by Gasteiger charge is -2.29. The summed E-state index contributed by atoms with van der Waals surface area (Å²) in [4.78, 5) is 14.3. The molecular weight excluding hydrogens is 375 g/mol. The fraction of sp³-hybridized carbons (Fsp3) is 0.611. The zero-order valence-electron chi connectivity index (χ0n) is 15.1. The van der Waals surface area contributed by atoms with Gasteiger partial charge in [-0.1, -0.05) is 31.4 Å². The summed E-state index contributed by atoms with van der Waals surface area (Å²) < 4.78 is 41.6. The number of hydrogen-bond donors (Lipinski definition) is 1. The molecule has 1 aromatic carbocycles. The Morgan fingerprint density at radius 2 is 1.81 bits per heavy atom. The minimum atomic E-state index is -4.10. The standard InChI is InChI=1S/C18H27FN2O3S2/c1-25-14-11-16(18(22)21-12-7-3-2-4-8-13-21)20-26(23,24)17-10-6-5-9-15(17)19/h5-6,9-10,16,20H,2-4,7-8,11-14H2,1H3/t16-/m1/s1. The maximum atomic E-state index is 13.9. The third-order valence-corrected chi connectivity index (χ3v) is 6.65. The van der Waals surface area contributed by atoms with Gasteiger partial charge in [-0.2, -0.15) is 16.5 Å². The molecule has 146 valence electrons. The van der Waals surface area contributed by atoms with E-state index < -0.39 is 26.8 Å². The van der Waals surface area contributed by atoms with Crippen molar-refractivity contribution in [2.75, 3.05) is 25.1 Å². The van der Waals surface area contributed by atoms with Crippen molar-refractivity contribution in [2.45, 2.75) is 49.5 Å². The lowest BCUT2D eigenvalue weighted by atomic mass is 10.1. The van der Waals surface area contributed by atoms with Crippen LogP contribution in [0.5, 0.6) is 0 Å². The first-order valence-corrected chi connectivity index (χ1v) is 11.9. The Morgan fingerprint density at radius 1 is 1.19 bits per heavy atom. The Balaban J connectivity index is 2.17. The average molecular weight is 403 g/mol. The molecule has 1 aliphatic heterocycles. The molecule has 0 unspecified atom stereocenters. The summed E-state index contributed by atoms with van der Waals surface area (Å²) >= 11 is 1.55. The molecule has 2 rings (SSSR count). The summed E-state index contributed by atoms with van der Waals surface area (Å²) in [7, 11) is -4.10. The van der Waals surface area contributed by atoms with E-state index in [0.717, 1.165) is 31.7 Å². The highest BCUT2D eigenvalue weighted by Gasteiger charge is 2.30. The number of carbonyl (C=O) groups excluding carboxylic acids is 1. The normalized spacial score (nSPS) is 17.4. The summed E-state index contributed by atoms with van der Waals surface area (Å²) in [6, 6.07) is 4.35. The summed E-state index contributed by atoms with van der Waals surface area (Å²) in [5.41, 5.74) is 0. The smallest absolute Gasteiger partial charge is 0.244 e. The van der Waals surface area contributed by atoms with Gasteiger partial charge in [0.15, 0.2) is 0 Å². The van der Waals surface area contributed by atoms with Crippen LogP contribution in [0.2, 0.25) is 0 Å². The van der Waals surface area contributed by atoms with Gasteiger partial charge in [0.05, 0.1) is 0 Å². The number of likely N-dealkylation sites (tertiary alicyclic amines) is 1. The Labute approximate surface area is 159 Å². The van der Waals surface area contributed by atoms with Crippen molar-refractivity contribution in [3.63, 3.8) is 0 Å². The molecule has 0 aromatic heterocycles. The summed E-state index contributed by atoms with van der Waals surface area (Å²) in [5.74, 6) is -0.382. The van der Waals surface area contributed by atoms with E-state index >= 15 is 0 Å². The second kappa shape index (κ2) is 10.3. The Morgan fingerprint density at radius 3 is 2.42 bits per heavy atom. The van der Waals surface area contributed by atoms with Crippen LogP contribution >= 0.6 is 11.8 Å². The lowest BCUT2D eigenvalue weighted by molar-refractivity contribution is -0.133. The highest BCUT2D eigenvalue weighted by molar-refractivity contribution is 7.98. The minimum Gasteiger partial charge on any atom is -0.341 e. The third kappa shape index (κ3) is 5.96. The predicted octanol–water partition coefficient (Wildman–Crippen LogP) is 3.02. The molecule has 26 heavy (non-hydrogen) atoms. The van der Waals surface area contributed by atoms with Gasteiger partial charge in [-0.25, -0.2) is 12.8 Å². The molecule has 0 saturated carbocycles. The molecule has 0 aliphatic carbocycles. The van der Waals surface area contributed by atoms with Crippen LogP contribution in [0.15, 0.2) is 29.2 Å². The first kappa shape index (κ1) is 21.2. The number of thioether (sulfide) groups is 1. The SMILES string of the molecule is CSCC[C@@H](NS(=O)(=O)c1ccccc1F)C(=O)N1CCCCCCC1. The molecule has 1 aliphatic rings. The van der Waals surface area contributed by atoms with Crippen molar-refractivity contribution < 1.29 is 17.6 Å². The number of sulfonamides is 1. The predicted molar refractivity (Wildman–Crippen MR) is 103 cm³/mol. The van der Waals surface area contributed by atoms with Crippen molar-refractivity contribution in [3.8, 4) is 0 Å². The van der Waals surface area contributed by atoms with E-state index in [1.807, 2.05) is 6.26 Å². The topological polar surface area (TPSA) is 66.5 Å². The summed E-state index contributed by atoms with van der Waals surface area (Å²) in [5, 5.41) is 0. The quantitative estimate of drug-likeness (QED) is 0.761. The molecular formula is C18H27FN2O3S2. The number of carbonyl (C=O) groups is 1. The van der Waals surface area contributed by atoms with Gasteiger partial charge in [-0.05, 0) is 43.4 Å². The number of amides is 1. The number of hydrogen-bond acceptors (Lipinski definition) is 4. The highest BCUT2D eigenvalue weighted by atomic mass is 32.2. The van der Waals surface area contributed by atoms with Crippen LogP contribution in [0.3, 0.4) is 0 Å². The van der Waals surface area contributed by atoms with Crippen LogP contribution in [0.4, 0.5) is 4.39 Å². The van der Waals surface area contributed by atoms with Crippen molar-refractivity contribution in [1.82, 2.24) is 9.62 Å². The van der Waals surface area contributed by atoms with Crippen molar-refractivity contribution in [2.24, 2.45) is 0 Å². The molecule has 1 atom stereocenters. The van der Waals surface area contributed by atoms with E-state index in [1.54, 1.807) is 16.7 Å². The van der Waals surface area contributed by atoms with Crippen molar-refractivity contribution in [1.29, 1.82) is 0 Å². The second-order valence-electron chi connectivity index (χ2n) is 6.48. The molecule has 0 spiro atoms. The lowest BCUT2D eigenvalue weighted by Crippen LogP contribution is -2.49. The number of nitrogens with zero attached hydrogens (tertiary/aromatic N) is 1. The molecule has 1 aromatic rings. The van der Waals surface area contributed by atoms with Crippen LogP contribution < -0.4 is 4.72 Å². The van der Waals surface area contributed by atoms with E-state index in [2.05, 4.69) is 4.72 Å². The first-order chi connectivity index (χ1) is 12.5. The second-order valence-corrected chi connectivity index (χ2v) is 9.15. The van der Waals surface area contributed by atoms with Crippen LogP contribution in [0.25, 0.3) is 0 Å². The number of nitrogens with one attached hydrogen (secondary N) is 1. The number of rotatable bonds is 7. The molecule has 8 heteroatoms. The van der Waals surface area contributed by atoms with Crippen molar-refractivity contribution in [3.05, 3.63) is 30.1 Å². The monoisotopic (exact) mass is 402 g/mol. The zero-order chi connectivity index (χ0) is 19.0. The van der Waals surface area contributed by atoms with Crippen LogP contribution in [0.1, 0.15) is 38.5 Å². The third-order valence-electron chi connectivity index (χ3n) is 4.50. The molecule has 0 radical (unpaired) electrons. The van der Waals surface area contributed by atoms with Gasteiger partial charge in [0.25, 0.3) is 0 Å². The maximum Gasteiger partial charge on any atom is 0.244 e. The van der Waals surface area contributed by atoms with Gasteiger partial charge in [0, 0.05) is 13.1 Å². The molecule has 1 fully saturated rings. The van der Waals surface area contributed by atoms with Gasteiger partial charge in [-0.15, -0.1) is 0 Å². The van der Waals surface area contributed by atoms with E-state index in [1.165, 1.54) is 24.6 Å². The molecule has 5 nitrogen and oxygen atoms in total. The Bertz CT molecular complexity index is 689. The molecule has 1 N–H and O–H groups in total. The van der Waals surface area contributed by atoms with Crippen LogP contribution in [-0.2, 0) is 14.8 Å². The van der Waals surface area contributed by atoms with E-state index in [4.69, 9.17) is 0 Å². The molecule has 0 bridgehead atoms. The number of benzene rings is 1. The Kier molecular flexibility index (Phi) is 8.37. The van der Waals surface area contributed by atoms with Crippen LogP contribution in [0, 0.1) is 5.82 Å². The maximum absolute atomic E-state index is 13.9. The van der Waals surface area contributed by atoms with Gasteiger partial charge >= 0.3 is 0 Å². The van der Waals surface area contributed by atoms with Gasteiger partial charge < -0.3 is 4.90 Å². The van der Waals surface area contributed by atoms with E-state index in [9.17, 15) is 17.6 Å². The largest absolute Gasteiger partial charge is 0.341 e. The molecule has 1 heterocycles. The number of halogens is 1. The fourth-order valence-corrected chi connectivity index (χ4v) is 4.84. The summed E-state index contributed by atoms with van der Waals surface area (Å²) in [6.45, 7) is 1.30. The van der Waals surface area contributed by atoms with Gasteiger partial charge in [0.2, 0.25) is 15.9 Å². The van der Waals surface area contributed by atoms with E-state index in [0.29, 0.717) is 25.3 Å². The van der Waals surface area contributed by atoms with Crippen molar-refractivity contribution >= 4 is 27.7 Å². The molecule has 1 amide bonds. The minimum absolute atomic E-state index is 0.208. The van der Waals surface area contributed by atoms with E-state index in [-0.39, 0.29) is 5.91 Å².